The van der Waals surface area contributed by atoms with Crippen molar-refractivity contribution < 1.29 is 4.79 Å². The zero-order valence-corrected chi connectivity index (χ0v) is 9.92. The van der Waals surface area contributed by atoms with Gasteiger partial charge in [-0.15, -0.1) is 0 Å². The van der Waals surface area contributed by atoms with Gasteiger partial charge in [0.1, 0.15) is 0 Å². The number of carbonyl (C=O) groups excluding carboxylic acids is 1. The minimum atomic E-state index is 0.0816. The Labute approximate surface area is 86.9 Å². The summed E-state index contributed by atoms with van der Waals surface area (Å²) in [7, 11) is 0. The molecule has 0 aromatic heterocycles. The van der Waals surface area contributed by atoms with Crippen LogP contribution in [-0.4, -0.2) is 30.1 Å². The first-order valence-electron chi connectivity index (χ1n) is 5.41. The number of hydrogen-bond acceptors (Lipinski definition) is 1. The van der Waals surface area contributed by atoms with E-state index in [0.29, 0.717) is 5.92 Å². The van der Waals surface area contributed by atoms with Crippen LogP contribution in [0.4, 0.5) is 4.79 Å². The quantitative estimate of drug-likeness (QED) is 0.724. The number of amides is 2. The highest BCUT2D eigenvalue weighted by atomic mass is 16.2. The molecule has 1 fully saturated rings. The van der Waals surface area contributed by atoms with E-state index in [0.717, 1.165) is 13.1 Å². The van der Waals surface area contributed by atoms with Crippen LogP contribution in [0.2, 0.25) is 0 Å². The van der Waals surface area contributed by atoms with Gasteiger partial charge in [-0.2, -0.15) is 0 Å². The summed E-state index contributed by atoms with van der Waals surface area (Å²) in [5, 5.41) is 2.97. The first-order chi connectivity index (χ1) is 6.37. The van der Waals surface area contributed by atoms with E-state index in [-0.39, 0.29) is 17.5 Å². The number of nitrogens with zero attached hydrogens (tertiary/aromatic N) is 1. The molecule has 1 atom stereocenters. The number of hydrogen-bond donors (Lipinski definition) is 1. The Kier molecular flexibility index (Phi) is 3.07. The predicted molar refractivity (Wildman–Crippen MR) is 58.2 cm³/mol. The number of urea groups is 1. The van der Waals surface area contributed by atoms with E-state index in [9.17, 15) is 4.79 Å². The zero-order valence-electron chi connectivity index (χ0n) is 9.92. The summed E-state index contributed by atoms with van der Waals surface area (Å²) in [5.41, 5.74) is 0.207. The molecule has 1 rings (SSSR count). The minimum absolute atomic E-state index is 0.0816. The van der Waals surface area contributed by atoms with Gasteiger partial charge >= 0.3 is 6.03 Å². The Morgan fingerprint density at radius 3 is 2.36 bits per heavy atom. The lowest BCUT2D eigenvalue weighted by Gasteiger charge is -2.44. The van der Waals surface area contributed by atoms with Crippen molar-refractivity contribution in [3.05, 3.63) is 0 Å². The molecule has 0 saturated carbocycles. The molecule has 1 unspecified atom stereocenters. The standard InChI is InChI=1S/C11H22N2O/c1-8(2)11(5)6-12-10(14)13(7-11)9(3)4/h8-9H,6-7H2,1-5H3,(H,12,14). The van der Waals surface area contributed by atoms with Crippen molar-refractivity contribution >= 4 is 6.03 Å². The maximum Gasteiger partial charge on any atom is 0.317 e. The molecule has 0 aromatic carbocycles. The molecule has 1 N–H and O–H groups in total. The normalized spacial score (nSPS) is 28.5. The van der Waals surface area contributed by atoms with E-state index >= 15 is 0 Å². The molecule has 14 heavy (non-hydrogen) atoms. The van der Waals surface area contributed by atoms with Gasteiger partial charge in [0.2, 0.25) is 0 Å². The van der Waals surface area contributed by atoms with Crippen LogP contribution in [0.1, 0.15) is 34.6 Å². The van der Waals surface area contributed by atoms with Crippen LogP contribution >= 0.6 is 0 Å². The minimum Gasteiger partial charge on any atom is -0.337 e. The Bertz CT molecular complexity index is 225. The van der Waals surface area contributed by atoms with Crippen LogP contribution in [0.5, 0.6) is 0 Å². The Hall–Kier alpha value is -0.730. The molecule has 3 nitrogen and oxygen atoms in total. The number of rotatable bonds is 2. The predicted octanol–water partition coefficient (Wildman–Crippen LogP) is 2.08. The van der Waals surface area contributed by atoms with E-state index in [1.165, 1.54) is 0 Å². The van der Waals surface area contributed by atoms with E-state index in [1.54, 1.807) is 0 Å². The van der Waals surface area contributed by atoms with Crippen LogP contribution in [0.3, 0.4) is 0 Å². The van der Waals surface area contributed by atoms with E-state index < -0.39 is 0 Å². The molecule has 0 radical (unpaired) electrons. The van der Waals surface area contributed by atoms with Crippen molar-refractivity contribution in [1.29, 1.82) is 0 Å². The zero-order chi connectivity index (χ0) is 10.9. The second kappa shape index (κ2) is 3.79. The van der Waals surface area contributed by atoms with Gasteiger partial charge in [0.15, 0.2) is 0 Å². The average Bonchev–Trinajstić information content (AvgIpc) is 2.09. The van der Waals surface area contributed by atoms with E-state index in [4.69, 9.17) is 0 Å². The van der Waals surface area contributed by atoms with Crippen molar-refractivity contribution in [2.24, 2.45) is 11.3 Å². The highest BCUT2D eigenvalue weighted by Gasteiger charge is 2.37. The molecule has 1 aliphatic rings. The fraction of sp³-hybridized carbons (Fsp3) is 0.909. The summed E-state index contributed by atoms with van der Waals surface area (Å²) < 4.78 is 0. The van der Waals surface area contributed by atoms with Gasteiger partial charge in [-0.25, -0.2) is 4.79 Å². The monoisotopic (exact) mass is 198 g/mol. The molecule has 0 bridgehead atoms. The van der Waals surface area contributed by atoms with Crippen molar-refractivity contribution in [1.82, 2.24) is 10.2 Å². The van der Waals surface area contributed by atoms with Crippen LogP contribution in [0, 0.1) is 11.3 Å². The fourth-order valence-electron chi connectivity index (χ4n) is 1.70. The molecule has 1 aliphatic heterocycles. The number of carbonyl (C=O) groups is 1. The molecule has 1 heterocycles. The third kappa shape index (κ3) is 2.02. The van der Waals surface area contributed by atoms with E-state index in [1.807, 2.05) is 4.90 Å². The molecule has 82 valence electrons. The lowest BCUT2D eigenvalue weighted by molar-refractivity contribution is 0.0814. The second-order valence-corrected chi connectivity index (χ2v) is 5.19. The number of nitrogens with one attached hydrogen (secondary N) is 1. The van der Waals surface area contributed by atoms with Gasteiger partial charge in [-0.05, 0) is 19.8 Å². The third-order valence-electron chi connectivity index (χ3n) is 3.45. The summed E-state index contributed by atoms with van der Waals surface area (Å²) in [6.45, 7) is 12.5. The smallest absolute Gasteiger partial charge is 0.317 e. The van der Waals surface area contributed by atoms with Crippen LogP contribution in [0.25, 0.3) is 0 Å². The van der Waals surface area contributed by atoms with Gasteiger partial charge in [-0.3, -0.25) is 0 Å². The summed E-state index contributed by atoms with van der Waals surface area (Å²) in [5.74, 6) is 0.587. The highest BCUT2D eigenvalue weighted by Crippen LogP contribution is 2.30. The lowest BCUT2D eigenvalue weighted by Crippen LogP contribution is -2.59. The van der Waals surface area contributed by atoms with Gasteiger partial charge in [0.05, 0.1) is 0 Å². The first-order valence-corrected chi connectivity index (χ1v) is 5.41. The maximum absolute atomic E-state index is 11.6. The van der Waals surface area contributed by atoms with Gasteiger partial charge in [-0.1, -0.05) is 20.8 Å². The average molecular weight is 198 g/mol. The van der Waals surface area contributed by atoms with Gasteiger partial charge < -0.3 is 10.2 Å². The van der Waals surface area contributed by atoms with Crippen LogP contribution in [0.15, 0.2) is 0 Å². The molecule has 0 aliphatic carbocycles. The lowest BCUT2D eigenvalue weighted by atomic mass is 9.77. The Balaban J connectivity index is 2.75. The van der Waals surface area contributed by atoms with Crippen molar-refractivity contribution in [2.75, 3.05) is 13.1 Å². The van der Waals surface area contributed by atoms with Crippen LogP contribution in [-0.2, 0) is 0 Å². The summed E-state index contributed by atoms with van der Waals surface area (Å²) >= 11 is 0. The summed E-state index contributed by atoms with van der Waals surface area (Å²) in [4.78, 5) is 13.5. The van der Waals surface area contributed by atoms with Crippen molar-refractivity contribution in [2.45, 2.75) is 40.7 Å². The summed E-state index contributed by atoms with van der Waals surface area (Å²) in [6.07, 6.45) is 0. The molecule has 0 aromatic rings. The maximum atomic E-state index is 11.6. The molecule has 0 spiro atoms. The molecule has 1 saturated heterocycles. The Morgan fingerprint density at radius 2 is 1.93 bits per heavy atom. The highest BCUT2D eigenvalue weighted by molar-refractivity contribution is 5.75. The largest absolute Gasteiger partial charge is 0.337 e. The van der Waals surface area contributed by atoms with Crippen molar-refractivity contribution in [3.8, 4) is 0 Å². The fourth-order valence-corrected chi connectivity index (χ4v) is 1.70. The van der Waals surface area contributed by atoms with Gasteiger partial charge in [0, 0.05) is 24.5 Å². The van der Waals surface area contributed by atoms with Crippen molar-refractivity contribution in [3.63, 3.8) is 0 Å². The topological polar surface area (TPSA) is 32.3 Å². The molecule has 2 amide bonds. The van der Waals surface area contributed by atoms with Crippen LogP contribution < -0.4 is 5.32 Å². The third-order valence-corrected chi connectivity index (χ3v) is 3.45. The molecular formula is C11H22N2O. The van der Waals surface area contributed by atoms with Gasteiger partial charge in [0.25, 0.3) is 0 Å². The molecule has 3 heteroatoms. The summed E-state index contributed by atoms with van der Waals surface area (Å²) in [6, 6.07) is 0.367. The molecular weight excluding hydrogens is 176 g/mol. The SMILES string of the molecule is CC(C)N1CC(C)(C(C)C)CNC1=O. The van der Waals surface area contributed by atoms with E-state index in [2.05, 4.69) is 39.9 Å². The Morgan fingerprint density at radius 1 is 1.36 bits per heavy atom. The first kappa shape index (κ1) is 11.3. The second-order valence-electron chi connectivity index (χ2n) is 5.19.